The number of benzene rings is 1. The molecule has 0 saturated heterocycles. The summed E-state index contributed by atoms with van der Waals surface area (Å²) in [5, 5.41) is 12.6. The summed E-state index contributed by atoms with van der Waals surface area (Å²) >= 11 is 0. The molecule has 21 heavy (non-hydrogen) atoms. The van der Waals surface area contributed by atoms with E-state index in [2.05, 4.69) is 11.4 Å². The van der Waals surface area contributed by atoms with Gasteiger partial charge in [-0.05, 0) is 58.2 Å². The molecule has 1 aromatic carbocycles. The van der Waals surface area contributed by atoms with Gasteiger partial charge >= 0.3 is 0 Å². The van der Waals surface area contributed by atoms with Crippen LogP contribution in [0.1, 0.15) is 39.2 Å². The third-order valence-electron chi connectivity index (χ3n) is 3.25. The Balaban J connectivity index is 2.49. The molecule has 0 aromatic heterocycles. The molecule has 0 fully saturated rings. The van der Waals surface area contributed by atoms with Crippen molar-refractivity contribution in [2.75, 3.05) is 13.7 Å². The second-order valence-corrected chi connectivity index (χ2v) is 5.85. The number of nitrogens with zero attached hydrogens (tertiary/aromatic N) is 1. The molecule has 0 bridgehead atoms. The number of ether oxygens (including phenoxy) is 2. The van der Waals surface area contributed by atoms with Gasteiger partial charge in [-0.25, -0.2) is 0 Å². The molecular formula is C17H26N2O2. The van der Waals surface area contributed by atoms with Gasteiger partial charge in [-0.3, -0.25) is 5.32 Å². The topological polar surface area (TPSA) is 54.3 Å². The Labute approximate surface area is 128 Å². The molecule has 0 aliphatic carbocycles. The Morgan fingerprint density at radius 1 is 1.33 bits per heavy atom. The van der Waals surface area contributed by atoms with Crippen LogP contribution >= 0.6 is 0 Å². The van der Waals surface area contributed by atoms with Crippen molar-refractivity contribution in [3.63, 3.8) is 0 Å². The summed E-state index contributed by atoms with van der Waals surface area (Å²) < 4.78 is 11.1. The van der Waals surface area contributed by atoms with E-state index < -0.39 is 5.54 Å². The third kappa shape index (κ3) is 5.65. The van der Waals surface area contributed by atoms with Crippen molar-refractivity contribution in [2.45, 2.75) is 52.1 Å². The molecule has 0 saturated carbocycles. The number of hydrogen-bond donors (Lipinski definition) is 1. The molecule has 4 heteroatoms. The van der Waals surface area contributed by atoms with Crippen LogP contribution in [0.3, 0.4) is 0 Å². The van der Waals surface area contributed by atoms with Crippen molar-refractivity contribution in [2.24, 2.45) is 0 Å². The first kappa shape index (κ1) is 17.3. The van der Waals surface area contributed by atoms with Crippen molar-refractivity contribution in [1.29, 1.82) is 5.26 Å². The van der Waals surface area contributed by atoms with E-state index in [1.54, 1.807) is 7.11 Å². The zero-order chi connectivity index (χ0) is 15.9. The molecule has 1 atom stereocenters. The van der Waals surface area contributed by atoms with Crippen LogP contribution in [0.4, 0.5) is 0 Å². The molecule has 1 rings (SSSR count). The largest absolute Gasteiger partial charge is 0.493 e. The SMILES string of the molecule is COc1cc(C)ccc1OCCCC(C)(C#N)NC(C)C. The van der Waals surface area contributed by atoms with Gasteiger partial charge in [-0.2, -0.15) is 5.26 Å². The molecule has 0 aliphatic heterocycles. The molecule has 0 aliphatic rings. The molecule has 4 nitrogen and oxygen atoms in total. The Bertz CT molecular complexity index is 494. The quantitative estimate of drug-likeness (QED) is 0.745. The fourth-order valence-corrected chi connectivity index (χ4v) is 2.30. The molecule has 1 aromatic rings. The van der Waals surface area contributed by atoms with Crippen molar-refractivity contribution in [3.05, 3.63) is 23.8 Å². The van der Waals surface area contributed by atoms with Gasteiger partial charge < -0.3 is 9.47 Å². The van der Waals surface area contributed by atoms with E-state index in [1.807, 2.05) is 45.9 Å². The summed E-state index contributed by atoms with van der Waals surface area (Å²) in [6.07, 6.45) is 1.55. The van der Waals surface area contributed by atoms with Crippen molar-refractivity contribution >= 4 is 0 Å². The average molecular weight is 290 g/mol. The Morgan fingerprint density at radius 3 is 2.62 bits per heavy atom. The van der Waals surface area contributed by atoms with Gasteiger partial charge in [-0.15, -0.1) is 0 Å². The minimum absolute atomic E-state index is 0.285. The van der Waals surface area contributed by atoms with Gasteiger partial charge in [0.1, 0.15) is 5.54 Å². The van der Waals surface area contributed by atoms with Crippen molar-refractivity contribution in [1.82, 2.24) is 5.32 Å². The lowest BCUT2D eigenvalue weighted by molar-refractivity contribution is 0.267. The van der Waals surface area contributed by atoms with Crippen molar-refractivity contribution < 1.29 is 9.47 Å². The molecular weight excluding hydrogens is 264 g/mol. The maximum Gasteiger partial charge on any atom is 0.161 e. The first-order valence-electron chi connectivity index (χ1n) is 7.36. The molecule has 116 valence electrons. The Hall–Kier alpha value is -1.73. The van der Waals surface area contributed by atoms with E-state index in [9.17, 15) is 5.26 Å². The number of rotatable bonds is 8. The average Bonchev–Trinajstić information content (AvgIpc) is 2.44. The highest BCUT2D eigenvalue weighted by molar-refractivity contribution is 5.42. The maximum absolute atomic E-state index is 9.29. The second-order valence-electron chi connectivity index (χ2n) is 5.85. The van der Waals surface area contributed by atoms with Crippen LogP contribution < -0.4 is 14.8 Å². The lowest BCUT2D eigenvalue weighted by atomic mass is 9.97. The van der Waals surface area contributed by atoms with Crippen LogP contribution in [0.15, 0.2) is 18.2 Å². The van der Waals surface area contributed by atoms with Gasteiger partial charge in [0.05, 0.1) is 19.8 Å². The van der Waals surface area contributed by atoms with Crippen LogP contribution in [0.2, 0.25) is 0 Å². The predicted octanol–water partition coefficient (Wildman–Crippen LogP) is 3.44. The predicted molar refractivity (Wildman–Crippen MR) is 84.7 cm³/mol. The first-order chi connectivity index (χ1) is 9.90. The summed E-state index contributed by atoms with van der Waals surface area (Å²) in [6.45, 7) is 8.60. The highest BCUT2D eigenvalue weighted by atomic mass is 16.5. The number of hydrogen-bond acceptors (Lipinski definition) is 4. The summed E-state index contributed by atoms with van der Waals surface area (Å²) in [4.78, 5) is 0. The monoisotopic (exact) mass is 290 g/mol. The van der Waals surface area contributed by atoms with Gasteiger partial charge in [0.2, 0.25) is 0 Å². The van der Waals surface area contributed by atoms with Gasteiger partial charge in [0.15, 0.2) is 11.5 Å². The highest BCUT2D eigenvalue weighted by Gasteiger charge is 2.23. The molecule has 1 N–H and O–H groups in total. The fourth-order valence-electron chi connectivity index (χ4n) is 2.30. The van der Waals surface area contributed by atoms with Gasteiger partial charge in [-0.1, -0.05) is 6.07 Å². The highest BCUT2D eigenvalue weighted by Crippen LogP contribution is 2.28. The zero-order valence-corrected chi connectivity index (χ0v) is 13.7. The summed E-state index contributed by atoms with van der Waals surface area (Å²) in [6, 6.07) is 8.50. The normalized spacial score (nSPS) is 13.6. The van der Waals surface area contributed by atoms with Crippen LogP contribution in [0.25, 0.3) is 0 Å². The Morgan fingerprint density at radius 2 is 2.05 bits per heavy atom. The van der Waals surface area contributed by atoms with E-state index in [1.165, 1.54) is 0 Å². The summed E-state index contributed by atoms with van der Waals surface area (Å²) in [5.74, 6) is 1.50. The van der Waals surface area contributed by atoms with E-state index in [0.29, 0.717) is 6.61 Å². The Kier molecular flexibility index (Phi) is 6.51. The lowest BCUT2D eigenvalue weighted by Gasteiger charge is -2.25. The summed E-state index contributed by atoms with van der Waals surface area (Å²) in [5.41, 5.74) is 0.631. The number of aryl methyl sites for hydroxylation is 1. The number of methoxy groups -OCH3 is 1. The van der Waals surface area contributed by atoms with E-state index in [0.717, 1.165) is 29.9 Å². The second kappa shape index (κ2) is 7.90. The third-order valence-corrected chi connectivity index (χ3v) is 3.25. The number of nitriles is 1. The van der Waals surface area contributed by atoms with Crippen molar-refractivity contribution in [3.8, 4) is 17.6 Å². The minimum Gasteiger partial charge on any atom is -0.493 e. The van der Waals surface area contributed by atoms with E-state index in [4.69, 9.17) is 9.47 Å². The first-order valence-corrected chi connectivity index (χ1v) is 7.36. The molecule has 1 unspecified atom stereocenters. The van der Waals surface area contributed by atoms with E-state index >= 15 is 0 Å². The van der Waals surface area contributed by atoms with Crippen LogP contribution in [0.5, 0.6) is 11.5 Å². The van der Waals surface area contributed by atoms with Crippen LogP contribution in [0, 0.1) is 18.3 Å². The molecule has 0 spiro atoms. The van der Waals surface area contributed by atoms with Crippen LogP contribution in [-0.4, -0.2) is 25.3 Å². The smallest absolute Gasteiger partial charge is 0.161 e. The lowest BCUT2D eigenvalue weighted by Crippen LogP contribution is -2.45. The number of nitrogens with one attached hydrogen (secondary N) is 1. The summed E-state index contributed by atoms with van der Waals surface area (Å²) in [7, 11) is 1.64. The van der Waals surface area contributed by atoms with Gasteiger partial charge in [0.25, 0.3) is 0 Å². The van der Waals surface area contributed by atoms with Gasteiger partial charge in [0, 0.05) is 6.04 Å². The zero-order valence-electron chi connectivity index (χ0n) is 13.7. The standard InChI is InChI=1S/C17H26N2O2/c1-13(2)19-17(4,12-18)9-6-10-21-15-8-7-14(3)11-16(15)20-5/h7-8,11,13,19H,6,9-10H2,1-5H3. The molecule has 0 radical (unpaired) electrons. The van der Waals surface area contributed by atoms with E-state index in [-0.39, 0.29) is 6.04 Å². The molecule has 0 amide bonds. The fraction of sp³-hybridized carbons (Fsp3) is 0.588. The minimum atomic E-state index is -0.505. The maximum atomic E-state index is 9.29. The molecule has 0 heterocycles. The van der Waals surface area contributed by atoms with Crippen LogP contribution in [-0.2, 0) is 0 Å².